The topological polar surface area (TPSA) is 76.7 Å². The van der Waals surface area contributed by atoms with Crippen molar-refractivity contribution < 1.29 is 23.8 Å². The minimum atomic E-state index is -0.837. The highest BCUT2D eigenvalue weighted by molar-refractivity contribution is 5.86. The van der Waals surface area contributed by atoms with Gasteiger partial charge in [-0.05, 0) is 17.5 Å². The first-order valence-corrected chi connectivity index (χ1v) is 5.30. The third-order valence-corrected chi connectivity index (χ3v) is 3.41. The molecule has 5 nitrogen and oxygen atoms in total. The highest BCUT2D eigenvalue weighted by atomic mass is 16.5. The molecule has 5 heteroatoms. The van der Waals surface area contributed by atoms with Gasteiger partial charge >= 0.3 is 11.9 Å². The van der Waals surface area contributed by atoms with Gasteiger partial charge in [-0.2, -0.15) is 0 Å². The summed E-state index contributed by atoms with van der Waals surface area (Å²) in [4.78, 5) is 22.2. The molecule has 1 heterocycles. The van der Waals surface area contributed by atoms with Gasteiger partial charge in [0, 0.05) is 5.92 Å². The number of aliphatic carboxylic acids is 1. The predicted octanol–water partition coefficient (Wildman–Crippen LogP) is 1.89. The van der Waals surface area contributed by atoms with Crippen molar-refractivity contribution in [1.29, 1.82) is 0 Å². The molecule has 1 saturated carbocycles. The summed E-state index contributed by atoms with van der Waals surface area (Å²) >= 11 is 0. The van der Waals surface area contributed by atoms with Gasteiger partial charge in [-0.25, -0.2) is 4.79 Å². The number of ether oxygens (including phenoxy) is 1. The average molecular weight is 238 g/mol. The number of methoxy groups -OCH3 is 1. The lowest BCUT2D eigenvalue weighted by Crippen LogP contribution is -2.03. The van der Waals surface area contributed by atoms with Crippen LogP contribution in [0.4, 0.5) is 0 Å². The van der Waals surface area contributed by atoms with E-state index in [1.807, 2.05) is 13.8 Å². The van der Waals surface area contributed by atoms with Crippen LogP contribution < -0.4 is 0 Å². The number of hydrogen-bond donors (Lipinski definition) is 1. The lowest BCUT2D eigenvalue weighted by atomic mass is 10.1. The molecule has 0 bridgehead atoms. The number of hydrogen-bond acceptors (Lipinski definition) is 4. The maximum atomic E-state index is 11.2. The van der Waals surface area contributed by atoms with E-state index in [2.05, 4.69) is 4.74 Å². The zero-order chi connectivity index (χ0) is 12.8. The van der Waals surface area contributed by atoms with Crippen LogP contribution in [0.1, 0.15) is 36.1 Å². The van der Waals surface area contributed by atoms with Gasteiger partial charge in [0.05, 0.1) is 13.0 Å². The molecule has 0 aliphatic heterocycles. The first-order chi connectivity index (χ1) is 7.89. The van der Waals surface area contributed by atoms with E-state index < -0.39 is 17.9 Å². The molecule has 0 radical (unpaired) electrons. The first kappa shape index (κ1) is 11.7. The van der Waals surface area contributed by atoms with Crippen LogP contribution in [0.25, 0.3) is 0 Å². The molecule has 0 saturated heterocycles. The van der Waals surface area contributed by atoms with Crippen LogP contribution in [0.5, 0.6) is 0 Å². The second-order valence-corrected chi connectivity index (χ2v) is 4.81. The number of furan rings is 1. The summed E-state index contributed by atoms with van der Waals surface area (Å²) in [6, 6.07) is 3.15. The van der Waals surface area contributed by atoms with Gasteiger partial charge in [-0.1, -0.05) is 13.8 Å². The van der Waals surface area contributed by atoms with Crippen LogP contribution in [-0.2, 0) is 9.53 Å². The zero-order valence-electron chi connectivity index (χ0n) is 9.89. The predicted molar refractivity (Wildman–Crippen MR) is 57.7 cm³/mol. The first-order valence-electron chi connectivity index (χ1n) is 5.30. The Morgan fingerprint density at radius 2 is 2.06 bits per heavy atom. The van der Waals surface area contributed by atoms with E-state index in [4.69, 9.17) is 9.52 Å². The minimum absolute atomic E-state index is 0.106. The van der Waals surface area contributed by atoms with E-state index in [1.165, 1.54) is 13.2 Å². The molecule has 1 aromatic heterocycles. The summed E-state index contributed by atoms with van der Waals surface area (Å²) in [5.41, 5.74) is -0.336. The Kier molecular flexibility index (Phi) is 2.49. The normalized spacial score (nSPS) is 25.4. The molecule has 0 amide bonds. The van der Waals surface area contributed by atoms with Crippen molar-refractivity contribution in [2.24, 2.45) is 11.3 Å². The number of carboxylic acids is 1. The van der Waals surface area contributed by atoms with Crippen molar-refractivity contribution in [1.82, 2.24) is 0 Å². The zero-order valence-corrected chi connectivity index (χ0v) is 9.89. The summed E-state index contributed by atoms with van der Waals surface area (Å²) in [5.74, 6) is -1.40. The maximum Gasteiger partial charge on any atom is 0.373 e. The van der Waals surface area contributed by atoms with E-state index in [-0.39, 0.29) is 17.1 Å². The fourth-order valence-electron chi connectivity index (χ4n) is 2.36. The van der Waals surface area contributed by atoms with Crippen LogP contribution in [-0.4, -0.2) is 24.2 Å². The Labute approximate surface area is 98.4 Å². The van der Waals surface area contributed by atoms with Gasteiger partial charge in [0.1, 0.15) is 5.76 Å². The fraction of sp³-hybridized carbons (Fsp3) is 0.500. The lowest BCUT2D eigenvalue weighted by molar-refractivity contribution is -0.139. The van der Waals surface area contributed by atoms with E-state index in [0.29, 0.717) is 5.76 Å². The summed E-state index contributed by atoms with van der Waals surface area (Å²) < 4.78 is 9.87. The molecule has 0 aromatic carbocycles. The number of rotatable bonds is 3. The third-order valence-electron chi connectivity index (χ3n) is 3.41. The molecule has 1 aromatic rings. The molecule has 0 spiro atoms. The van der Waals surface area contributed by atoms with Crippen molar-refractivity contribution in [2.45, 2.75) is 19.8 Å². The van der Waals surface area contributed by atoms with Crippen molar-refractivity contribution >= 4 is 11.9 Å². The molecule has 0 unspecified atom stereocenters. The summed E-state index contributed by atoms with van der Waals surface area (Å²) in [6.45, 7) is 3.74. The maximum absolute atomic E-state index is 11.2. The van der Waals surface area contributed by atoms with Crippen molar-refractivity contribution in [3.05, 3.63) is 23.7 Å². The number of carboxylic acid groups (broad SMARTS) is 1. The Balaban J connectivity index is 2.23. The van der Waals surface area contributed by atoms with Gasteiger partial charge in [0.2, 0.25) is 5.76 Å². The Hall–Kier alpha value is -1.78. The fourth-order valence-corrected chi connectivity index (χ4v) is 2.36. The SMILES string of the molecule is COC(=O)c1ccc([C@H]2[C@H](C(=O)O)C2(C)C)o1. The minimum Gasteiger partial charge on any atom is -0.481 e. The van der Waals surface area contributed by atoms with Crippen LogP contribution in [0.3, 0.4) is 0 Å². The van der Waals surface area contributed by atoms with Crippen LogP contribution in [0.2, 0.25) is 0 Å². The number of carbonyl (C=O) groups is 2. The highest BCUT2D eigenvalue weighted by Gasteiger charge is 2.64. The van der Waals surface area contributed by atoms with E-state index in [9.17, 15) is 9.59 Å². The summed E-state index contributed by atoms with van der Waals surface area (Å²) in [6.07, 6.45) is 0. The largest absolute Gasteiger partial charge is 0.481 e. The quantitative estimate of drug-likeness (QED) is 0.813. The van der Waals surface area contributed by atoms with E-state index in [0.717, 1.165) is 0 Å². The highest BCUT2D eigenvalue weighted by Crippen LogP contribution is 2.64. The molecule has 2 rings (SSSR count). The lowest BCUT2D eigenvalue weighted by Gasteiger charge is -1.98. The van der Waals surface area contributed by atoms with Crippen molar-refractivity contribution in [3.8, 4) is 0 Å². The van der Waals surface area contributed by atoms with E-state index in [1.54, 1.807) is 6.07 Å². The molecule has 17 heavy (non-hydrogen) atoms. The second kappa shape index (κ2) is 3.61. The smallest absolute Gasteiger partial charge is 0.373 e. The third kappa shape index (κ3) is 1.71. The van der Waals surface area contributed by atoms with Crippen LogP contribution in [0.15, 0.2) is 16.5 Å². The average Bonchev–Trinajstić information content (AvgIpc) is 2.64. The second-order valence-electron chi connectivity index (χ2n) is 4.81. The van der Waals surface area contributed by atoms with Crippen LogP contribution >= 0.6 is 0 Å². The molecule has 2 atom stereocenters. The molecule has 1 N–H and O–H groups in total. The number of carbonyl (C=O) groups excluding carboxylic acids is 1. The molecule has 1 aliphatic rings. The molecule has 1 fully saturated rings. The molecule has 92 valence electrons. The summed E-state index contributed by atoms with van der Waals surface area (Å²) in [7, 11) is 1.27. The van der Waals surface area contributed by atoms with Gasteiger partial charge in [0.25, 0.3) is 0 Å². The number of esters is 1. The van der Waals surface area contributed by atoms with Crippen molar-refractivity contribution in [2.75, 3.05) is 7.11 Å². The molecular weight excluding hydrogens is 224 g/mol. The Morgan fingerprint density at radius 1 is 1.41 bits per heavy atom. The van der Waals surface area contributed by atoms with Crippen molar-refractivity contribution in [3.63, 3.8) is 0 Å². The van der Waals surface area contributed by atoms with Gasteiger partial charge in [0.15, 0.2) is 0 Å². The standard InChI is InChI=1S/C12H14O5/c1-12(2)8(9(12)10(13)14)6-4-5-7(17-6)11(15)16-3/h4-5,8-9H,1-3H3,(H,13,14)/t8-,9+/m0/s1. The molecule has 1 aliphatic carbocycles. The van der Waals surface area contributed by atoms with Gasteiger partial charge < -0.3 is 14.3 Å². The van der Waals surface area contributed by atoms with Gasteiger partial charge in [-0.3, -0.25) is 4.79 Å². The molecular formula is C12H14O5. The van der Waals surface area contributed by atoms with Crippen LogP contribution in [0, 0.1) is 11.3 Å². The van der Waals surface area contributed by atoms with Gasteiger partial charge in [-0.15, -0.1) is 0 Å². The Bertz CT molecular complexity index is 471. The van der Waals surface area contributed by atoms with E-state index >= 15 is 0 Å². The monoisotopic (exact) mass is 238 g/mol. The summed E-state index contributed by atoms with van der Waals surface area (Å²) in [5, 5.41) is 9.05. The Morgan fingerprint density at radius 3 is 2.53 bits per heavy atom.